The van der Waals surface area contributed by atoms with Crippen LogP contribution in [-0.4, -0.2) is 36.6 Å². The first kappa shape index (κ1) is 18.4. The van der Waals surface area contributed by atoms with Crippen LogP contribution in [0, 0.1) is 5.82 Å². The van der Waals surface area contributed by atoms with Crippen molar-refractivity contribution < 1.29 is 23.5 Å². The fraction of sp³-hybridized carbons (Fsp3) is 0.200. The topological polar surface area (TPSA) is 69.6 Å². The van der Waals surface area contributed by atoms with Crippen molar-refractivity contribution in [2.75, 3.05) is 20.3 Å². The van der Waals surface area contributed by atoms with E-state index in [9.17, 15) is 14.0 Å². The third-order valence-corrected chi connectivity index (χ3v) is 4.07. The number of ether oxygens (including phenoxy) is 2. The van der Waals surface area contributed by atoms with Crippen LogP contribution in [0.2, 0.25) is 0 Å². The molecule has 1 heterocycles. The Labute approximate surface area is 155 Å². The number of nitrogens with one attached hydrogen (secondary N) is 1. The summed E-state index contributed by atoms with van der Waals surface area (Å²) in [5, 5.41) is 3.26. The van der Waals surface area contributed by atoms with Crippen molar-refractivity contribution >= 4 is 22.7 Å². The van der Waals surface area contributed by atoms with Crippen LogP contribution in [0.3, 0.4) is 0 Å². The first-order valence-corrected chi connectivity index (χ1v) is 8.36. The zero-order valence-electron chi connectivity index (χ0n) is 15.0. The molecule has 2 aromatic carbocycles. The second kappa shape index (κ2) is 7.90. The van der Waals surface area contributed by atoms with Crippen molar-refractivity contribution in [2.24, 2.45) is 0 Å². The average molecular weight is 370 g/mol. The number of fused-ring (bicyclic) bond motifs is 1. The molecule has 3 rings (SSSR count). The van der Waals surface area contributed by atoms with Gasteiger partial charge in [-0.2, -0.15) is 0 Å². The standard InChI is InChI=1S/C20H19FN2O4/c1-13(24)23-12-18(17-8-3-14(21)11-19(17)23)20(25)22-9-10-27-16-6-4-15(26-2)5-7-16/h3-8,11-12H,9-10H2,1-2H3,(H,22,25). The summed E-state index contributed by atoms with van der Waals surface area (Å²) >= 11 is 0. The van der Waals surface area contributed by atoms with Crippen molar-refractivity contribution in [1.29, 1.82) is 0 Å². The molecule has 0 bridgehead atoms. The minimum atomic E-state index is -0.469. The number of amides is 1. The predicted octanol–water partition coefficient (Wildman–Crippen LogP) is 3.26. The molecule has 0 spiro atoms. The summed E-state index contributed by atoms with van der Waals surface area (Å²) in [6, 6.07) is 11.1. The maximum atomic E-state index is 13.5. The Bertz CT molecular complexity index is 980. The van der Waals surface area contributed by atoms with Gasteiger partial charge in [0.2, 0.25) is 5.91 Å². The van der Waals surface area contributed by atoms with E-state index < -0.39 is 5.82 Å². The molecule has 27 heavy (non-hydrogen) atoms. The van der Waals surface area contributed by atoms with Gasteiger partial charge in [-0.15, -0.1) is 0 Å². The zero-order chi connectivity index (χ0) is 19.4. The molecule has 3 aromatic rings. The second-order valence-corrected chi connectivity index (χ2v) is 5.87. The number of benzene rings is 2. The van der Waals surface area contributed by atoms with Crippen LogP contribution in [0.1, 0.15) is 22.1 Å². The lowest BCUT2D eigenvalue weighted by Crippen LogP contribution is -2.28. The van der Waals surface area contributed by atoms with Gasteiger partial charge in [0.15, 0.2) is 0 Å². The normalized spacial score (nSPS) is 10.6. The molecule has 0 atom stereocenters. The van der Waals surface area contributed by atoms with E-state index in [1.807, 2.05) is 0 Å². The minimum absolute atomic E-state index is 0.276. The average Bonchev–Trinajstić information content (AvgIpc) is 3.04. The molecule has 0 fully saturated rings. The SMILES string of the molecule is COc1ccc(OCCNC(=O)c2cn(C(C)=O)c3cc(F)ccc23)cc1. The summed E-state index contributed by atoms with van der Waals surface area (Å²) in [7, 11) is 1.59. The molecular weight excluding hydrogens is 351 g/mol. The Morgan fingerprint density at radius 2 is 1.81 bits per heavy atom. The van der Waals surface area contributed by atoms with E-state index in [2.05, 4.69) is 5.32 Å². The monoisotopic (exact) mass is 370 g/mol. The number of methoxy groups -OCH3 is 1. The number of aromatic nitrogens is 1. The van der Waals surface area contributed by atoms with Gasteiger partial charge in [-0.05, 0) is 42.5 Å². The van der Waals surface area contributed by atoms with Crippen molar-refractivity contribution in [2.45, 2.75) is 6.92 Å². The number of hydrogen-bond donors (Lipinski definition) is 1. The molecule has 7 heteroatoms. The Kier molecular flexibility index (Phi) is 5.40. The minimum Gasteiger partial charge on any atom is -0.497 e. The third-order valence-electron chi connectivity index (χ3n) is 4.07. The highest BCUT2D eigenvalue weighted by molar-refractivity contribution is 6.09. The Morgan fingerprint density at radius 1 is 1.11 bits per heavy atom. The van der Waals surface area contributed by atoms with E-state index in [4.69, 9.17) is 9.47 Å². The highest BCUT2D eigenvalue weighted by Crippen LogP contribution is 2.22. The highest BCUT2D eigenvalue weighted by Gasteiger charge is 2.17. The zero-order valence-corrected chi connectivity index (χ0v) is 15.0. The maximum Gasteiger partial charge on any atom is 0.253 e. The summed E-state index contributed by atoms with van der Waals surface area (Å²) < 4.78 is 25.4. The number of hydrogen-bond acceptors (Lipinski definition) is 4. The molecule has 1 amide bonds. The Hall–Kier alpha value is -3.35. The molecule has 0 aliphatic heterocycles. The van der Waals surface area contributed by atoms with Crippen LogP contribution in [0.25, 0.3) is 10.9 Å². The van der Waals surface area contributed by atoms with Gasteiger partial charge in [-0.25, -0.2) is 4.39 Å². The molecular formula is C20H19FN2O4. The van der Waals surface area contributed by atoms with Gasteiger partial charge in [-0.3, -0.25) is 14.2 Å². The van der Waals surface area contributed by atoms with Gasteiger partial charge >= 0.3 is 0 Å². The molecule has 140 valence electrons. The molecule has 0 saturated heterocycles. The van der Waals surface area contributed by atoms with Gasteiger partial charge in [0.05, 0.1) is 24.7 Å². The summed E-state index contributed by atoms with van der Waals surface area (Å²) in [6.45, 7) is 1.91. The quantitative estimate of drug-likeness (QED) is 0.676. The molecule has 0 saturated carbocycles. The van der Waals surface area contributed by atoms with Crippen LogP contribution < -0.4 is 14.8 Å². The number of halogens is 1. The molecule has 6 nitrogen and oxygen atoms in total. The van der Waals surface area contributed by atoms with Crippen LogP contribution >= 0.6 is 0 Å². The number of nitrogens with zero attached hydrogens (tertiary/aromatic N) is 1. The van der Waals surface area contributed by atoms with Crippen LogP contribution in [0.4, 0.5) is 4.39 Å². The lowest BCUT2D eigenvalue weighted by Gasteiger charge is -2.08. The lowest BCUT2D eigenvalue weighted by atomic mass is 10.1. The van der Waals surface area contributed by atoms with Gasteiger partial charge in [0.25, 0.3) is 5.91 Å². The van der Waals surface area contributed by atoms with E-state index >= 15 is 0 Å². The first-order chi connectivity index (χ1) is 13.0. The first-order valence-electron chi connectivity index (χ1n) is 8.36. The fourth-order valence-corrected chi connectivity index (χ4v) is 2.74. The van der Waals surface area contributed by atoms with E-state index in [0.29, 0.717) is 22.2 Å². The summed E-state index contributed by atoms with van der Waals surface area (Å²) in [5.74, 6) is 0.267. The van der Waals surface area contributed by atoms with Crippen LogP contribution in [0.15, 0.2) is 48.7 Å². The van der Waals surface area contributed by atoms with Gasteiger partial charge in [0, 0.05) is 18.5 Å². The van der Waals surface area contributed by atoms with E-state index in [1.54, 1.807) is 31.4 Å². The molecule has 0 aliphatic carbocycles. The summed E-state index contributed by atoms with van der Waals surface area (Å²) in [4.78, 5) is 24.2. The van der Waals surface area contributed by atoms with E-state index in [-0.39, 0.29) is 25.0 Å². The van der Waals surface area contributed by atoms with Crippen LogP contribution in [-0.2, 0) is 0 Å². The Morgan fingerprint density at radius 3 is 2.48 bits per heavy atom. The van der Waals surface area contributed by atoms with Gasteiger partial charge < -0.3 is 14.8 Å². The van der Waals surface area contributed by atoms with Crippen LogP contribution in [0.5, 0.6) is 11.5 Å². The summed E-state index contributed by atoms with van der Waals surface area (Å²) in [6.07, 6.45) is 1.42. The second-order valence-electron chi connectivity index (χ2n) is 5.87. The van der Waals surface area contributed by atoms with Crippen molar-refractivity contribution in [1.82, 2.24) is 9.88 Å². The number of rotatable bonds is 6. The smallest absolute Gasteiger partial charge is 0.253 e. The molecule has 0 aliphatic rings. The van der Waals surface area contributed by atoms with Crippen molar-refractivity contribution in [3.05, 3.63) is 60.0 Å². The van der Waals surface area contributed by atoms with E-state index in [1.165, 1.54) is 35.9 Å². The molecule has 0 unspecified atom stereocenters. The lowest BCUT2D eigenvalue weighted by molar-refractivity contribution is 0.0941. The van der Waals surface area contributed by atoms with E-state index in [0.717, 1.165) is 5.75 Å². The molecule has 1 aromatic heterocycles. The van der Waals surface area contributed by atoms with Crippen molar-refractivity contribution in [3.8, 4) is 11.5 Å². The van der Waals surface area contributed by atoms with Gasteiger partial charge in [0.1, 0.15) is 23.9 Å². The maximum absolute atomic E-state index is 13.5. The fourth-order valence-electron chi connectivity index (χ4n) is 2.74. The largest absolute Gasteiger partial charge is 0.497 e. The Balaban J connectivity index is 1.65. The molecule has 1 N–H and O–H groups in total. The highest BCUT2D eigenvalue weighted by atomic mass is 19.1. The number of carbonyl (C=O) groups excluding carboxylic acids is 2. The third kappa shape index (κ3) is 4.08. The number of carbonyl (C=O) groups is 2. The predicted molar refractivity (Wildman–Crippen MR) is 99.0 cm³/mol. The molecule has 0 radical (unpaired) electrons. The van der Waals surface area contributed by atoms with Gasteiger partial charge in [-0.1, -0.05) is 0 Å². The van der Waals surface area contributed by atoms with Crippen molar-refractivity contribution in [3.63, 3.8) is 0 Å². The summed E-state index contributed by atoms with van der Waals surface area (Å²) in [5.41, 5.74) is 0.673.